The Kier molecular flexibility index (Phi) is 3.53. The summed E-state index contributed by atoms with van der Waals surface area (Å²) in [6.45, 7) is 5.47. The van der Waals surface area contributed by atoms with Gasteiger partial charge in [-0.15, -0.1) is 0 Å². The zero-order chi connectivity index (χ0) is 10.8. The van der Waals surface area contributed by atoms with Gasteiger partial charge in [-0.25, -0.2) is 0 Å². The van der Waals surface area contributed by atoms with Gasteiger partial charge < -0.3 is 9.84 Å². The van der Waals surface area contributed by atoms with Crippen LogP contribution in [0.3, 0.4) is 0 Å². The van der Waals surface area contributed by atoms with E-state index in [0.717, 1.165) is 25.7 Å². The van der Waals surface area contributed by atoms with Gasteiger partial charge in [-0.1, -0.05) is 6.42 Å². The number of aliphatic hydroxyl groups is 1. The summed E-state index contributed by atoms with van der Waals surface area (Å²) in [5.74, 6) is -0.219. The van der Waals surface area contributed by atoms with E-state index in [1.54, 1.807) is 0 Å². The summed E-state index contributed by atoms with van der Waals surface area (Å²) in [5, 5.41) is 9.61. The van der Waals surface area contributed by atoms with Crippen molar-refractivity contribution in [2.24, 2.45) is 5.41 Å². The van der Waals surface area contributed by atoms with E-state index < -0.39 is 11.5 Å². The Hall–Kier alpha value is -0.570. The summed E-state index contributed by atoms with van der Waals surface area (Å²) >= 11 is 0. The molecule has 0 spiro atoms. The van der Waals surface area contributed by atoms with E-state index in [2.05, 4.69) is 0 Å². The molecule has 1 N–H and O–H groups in total. The van der Waals surface area contributed by atoms with Crippen LogP contribution in [0.25, 0.3) is 0 Å². The highest BCUT2D eigenvalue weighted by Gasteiger charge is 2.31. The minimum atomic E-state index is -0.475. The number of esters is 1. The zero-order valence-electron chi connectivity index (χ0n) is 9.25. The highest BCUT2D eigenvalue weighted by molar-refractivity contribution is 5.75. The molecule has 1 aliphatic carbocycles. The van der Waals surface area contributed by atoms with Crippen LogP contribution in [0.5, 0.6) is 0 Å². The van der Waals surface area contributed by atoms with E-state index in [1.807, 2.05) is 20.8 Å². The van der Waals surface area contributed by atoms with Gasteiger partial charge in [0.05, 0.1) is 11.5 Å². The minimum Gasteiger partial charge on any atom is -0.459 e. The molecule has 1 fully saturated rings. The van der Waals surface area contributed by atoms with Gasteiger partial charge in [0.2, 0.25) is 0 Å². The molecule has 0 aliphatic heterocycles. The summed E-state index contributed by atoms with van der Waals surface area (Å²) in [4.78, 5) is 11.5. The van der Waals surface area contributed by atoms with Gasteiger partial charge in [0, 0.05) is 0 Å². The molecular formula is C11H20O3. The summed E-state index contributed by atoms with van der Waals surface area (Å²) in [6, 6.07) is 0. The Bertz CT molecular complexity index is 205. The van der Waals surface area contributed by atoms with Gasteiger partial charge in [0.15, 0.2) is 0 Å². The Morgan fingerprint density at radius 3 is 2.36 bits per heavy atom. The van der Waals surface area contributed by atoms with E-state index in [0.29, 0.717) is 0 Å². The largest absolute Gasteiger partial charge is 0.459 e. The van der Waals surface area contributed by atoms with Gasteiger partial charge in [-0.05, 0) is 40.0 Å². The van der Waals surface area contributed by atoms with Gasteiger partial charge in [0.1, 0.15) is 6.10 Å². The molecule has 0 aromatic rings. The fourth-order valence-corrected chi connectivity index (χ4v) is 1.53. The standard InChI is InChI=1S/C11H20O3/c1-11(2,3)10(13)14-9-7-5-4-6-8(9)12/h8-9,12H,4-7H2,1-3H3/t8-,9+/m1/s1. The lowest BCUT2D eigenvalue weighted by Gasteiger charge is -2.29. The van der Waals surface area contributed by atoms with Crippen LogP contribution < -0.4 is 0 Å². The van der Waals surface area contributed by atoms with Crippen LogP contribution in [-0.2, 0) is 9.53 Å². The fraction of sp³-hybridized carbons (Fsp3) is 0.909. The number of rotatable bonds is 1. The molecule has 14 heavy (non-hydrogen) atoms. The van der Waals surface area contributed by atoms with Crippen LogP contribution in [0.1, 0.15) is 46.5 Å². The summed E-state index contributed by atoms with van der Waals surface area (Å²) < 4.78 is 5.28. The second-order valence-electron chi connectivity index (χ2n) is 5.05. The molecule has 0 heterocycles. The molecular weight excluding hydrogens is 180 g/mol. The number of hydrogen-bond donors (Lipinski definition) is 1. The Morgan fingerprint density at radius 1 is 1.29 bits per heavy atom. The van der Waals surface area contributed by atoms with Crippen LogP contribution in [0, 0.1) is 5.41 Å². The van der Waals surface area contributed by atoms with Crippen LogP contribution in [-0.4, -0.2) is 23.3 Å². The molecule has 0 saturated heterocycles. The van der Waals surface area contributed by atoms with Crippen molar-refractivity contribution in [3.63, 3.8) is 0 Å². The maximum Gasteiger partial charge on any atom is 0.311 e. The van der Waals surface area contributed by atoms with Crippen LogP contribution >= 0.6 is 0 Å². The highest BCUT2D eigenvalue weighted by atomic mass is 16.6. The van der Waals surface area contributed by atoms with Crippen molar-refractivity contribution in [2.45, 2.75) is 58.7 Å². The van der Waals surface area contributed by atoms with Crippen molar-refractivity contribution in [3.8, 4) is 0 Å². The summed E-state index contributed by atoms with van der Waals surface area (Å²) in [5.41, 5.74) is -0.475. The number of carbonyl (C=O) groups is 1. The van der Waals surface area contributed by atoms with Gasteiger partial charge in [-0.2, -0.15) is 0 Å². The maximum atomic E-state index is 11.5. The van der Waals surface area contributed by atoms with Gasteiger partial charge >= 0.3 is 5.97 Å². The number of ether oxygens (including phenoxy) is 1. The number of aliphatic hydroxyl groups excluding tert-OH is 1. The molecule has 0 bridgehead atoms. The molecule has 1 saturated carbocycles. The first kappa shape index (κ1) is 11.5. The third-order valence-corrected chi connectivity index (χ3v) is 2.54. The fourth-order valence-electron chi connectivity index (χ4n) is 1.53. The zero-order valence-corrected chi connectivity index (χ0v) is 9.25. The first-order valence-electron chi connectivity index (χ1n) is 5.30. The van der Waals surface area contributed by atoms with Gasteiger partial charge in [0.25, 0.3) is 0 Å². The molecule has 0 radical (unpaired) electrons. The van der Waals surface area contributed by atoms with Crippen molar-refractivity contribution in [1.29, 1.82) is 0 Å². The van der Waals surface area contributed by atoms with Crippen LogP contribution in [0.4, 0.5) is 0 Å². The minimum absolute atomic E-state index is 0.219. The molecule has 82 valence electrons. The normalized spacial score (nSPS) is 28.6. The van der Waals surface area contributed by atoms with E-state index in [4.69, 9.17) is 4.74 Å². The highest BCUT2D eigenvalue weighted by Crippen LogP contribution is 2.24. The molecule has 0 aromatic carbocycles. The molecule has 2 atom stereocenters. The Balaban J connectivity index is 2.46. The molecule has 3 nitrogen and oxygen atoms in total. The Labute approximate surface area is 85.5 Å². The first-order valence-corrected chi connectivity index (χ1v) is 5.30. The van der Waals surface area contributed by atoms with Gasteiger partial charge in [-0.3, -0.25) is 4.79 Å². The van der Waals surface area contributed by atoms with Crippen molar-refractivity contribution in [3.05, 3.63) is 0 Å². The summed E-state index contributed by atoms with van der Waals surface area (Å²) in [7, 11) is 0. The van der Waals surface area contributed by atoms with E-state index >= 15 is 0 Å². The molecule has 0 amide bonds. The molecule has 1 aliphatic rings. The van der Waals surface area contributed by atoms with Crippen molar-refractivity contribution < 1.29 is 14.6 Å². The SMILES string of the molecule is CC(C)(C)C(=O)O[C@H]1CCCC[C@H]1O. The third-order valence-electron chi connectivity index (χ3n) is 2.54. The predicted molar refractivity (Wildman–Crippen MR) is 53.8 cm³/mol. The van der Waals surface area contributed by atoms with Crippen molar-refractivity contribution >= 4 is 5.97 Å². The lowest BCUT2D eigenvalue weighted by Crippen LogP contribution is -2.37. The van der Waals surface area contributed by atoms with E-state index in [1.165, 1.54) is 0 Å². The number of carbonyl (C=O) groups excluding carboxylic acids is 1. The first-order chi connectivity index (χ1) is 6.41. The topological polar surface area (TPSA) is 46.5 Å². The van der Waals surface area contributed by atoms with E-state index in [-0.39, 0.29) is 12.1 Å². The van der Waals surface area contributed by atoms with Crippen LogP contribution in [0.2, 0.25) is 0 Å². The maximum absolute atomic E-state index is 11.5. The second kappa shape index (κ2) is 4.30. The van der Waals surface area contributed by atoms with Crippen molar-refractivity contribution in [2.75, 3.05) is 0 Å². The third kappa shape index (κ3) is 2.98. The molecule has 1 rings (SSSR count). The smallest absolute Gasteiger partial charge is 0.311 e. The average molecular weight is 200 g/mol. The second-order valence-corrected chi connectivity index (χ2v) is 5.05. The molecule has 0 unspecified atom stereocenters. The predicted octanol–water partition coefficient (Wildman–Crippen LogP) is 1.88. The summed E-state index contributed by atoms with van der Waals surface area (Å²) in [6.07, 6.45) is 2.88. The molecule has 3 heteroatoms. The lowest BCUT2D eigenvalue weighted by molar-refractivity contribution is -0.166. The van der Waals surface area contributed by atoms with Crippen molar-refractivity contribution in [1.82, 2.24) is 0 Å². The lowest BCUT2D eigenvalue weighted by atomic mass is 9.93. The average Bonchev–Trinajstić information content (AvgIpc) is 2.07. The Morgan fingerprint density at radius 2 is 1.86 bits per heavy atom. The quantitative estimate of drug-likeness (QED) is 0.657. The molecule has 0 aromatic heterocycles. The monoisotopic (exact) mass is 200 g/mol. The van der Waals surface area contributed by atoms with Crippen LogP contribution in [0.15, 0.2) is 0 Å². The number of hydrogen-bond acceptors (Lipinski definition) is 3. The van der Waals surface area contributed by atoms with E-state index in [9.17, 15) is 9.90 Å².